The van der Waals surface area contributed by atoms with Crippen molar-refractivity contribution in [3.63, 3.8) is 0 Å². The number of rotatable bonds is 7. The molecule has 4 amide bonds. The molecule has 1 fully saturated rings. The van der Waals surface area contributed by atoms with Crippen molar-refractivity contribution in [3.8, 4) is 0 Å². The first-order valence-corrected chi connectivity index (χ1v) is 10.2. The lowest BCUT2D eigenvalue weighted by Crippen LogP contribution is -2.34. The molecule has 0 saturated carbocycles. The molecular weight excluding hydrogens is 398 g/mol. The Kier molecular flexibility index (Phi) is 5.97. The zero-order valence-electron chi connectivity index (χ0n) is 16.9. The van der Waals surface area contributed by atoms with Crippen molar-refractivity contribution >= 4 is 29.3 Å². The fraction of sp³-hybridized carbons (Fsp3) is 0.304. The summed E-state index contributed by atoms with van der Waals surface area (Å²) in [5.41, 5.74) is 0.675. The molecule has 0 bridgehead atoms. The number of nitrogens with one attached hydrogen (secondary N) is 2. The number of amides is 4. The third-order valence-corrected chi connectivity index (χ3v) is 5.61. The van der Waals surface area contributed by atoms with E-state index < -0.39 is 0 Å². The normalized spacial score (nSPS) is 19.9. The number of carbonyl (C=O) groups excluding carboxylic acids is 4. The van der Waals surface area contributed by atoms with Gasteiger partial charge in [-0.05, 0) is 37.1 Å². The van der Waals surface area contributed by atoms with Crippen molar-refractivity contribution in [2.75, 3.05) is 11.9 Å². The SMILES string of the molecule is O=C(CCN1C(=O)[C@H]2CC=CC[C@H]2C1=O)Nc1ccccc1C(=O)NCc1ccco1. The molecule has 8 nitrogen and oxygen atoms in total. The van der Waals surface area contributed by atoms with Gasteiger partial charge >= 0.3 is 0 Å². The Bertz CT molecular complexity index is 1000. The molecule has 0 unspecified atom stereocenters. The Labute approximate surface area is 179 Å². The van der Waals surface area contributed by atoms with Gasteiger partial charge in [-0.15, -0.1) is 0 Å². The zero-order chi connectivity index (χ0) is 21.8. The van der Waals surface area contributed by atoms with Crippen molar-refractivity contribution in [2.45, 2.75) is 25.8 Å². The third kappa shape index (κ3) is 4.42. The number of likely N-dealkylation sites (tertiary alicyclic amines) is 1. The first-order valence-electron chi connectivity index (χ1n) is 10.2. The van der Waals surface area contributed by atoms with Crippen LogP contribution in [0.15, 0.2) is 59.2 Å². The number of carbonyl (C=O) groups is 4. The van der Waals surface area contributed by atoms with Gasteiger partial charge in [-0.25, -0.2) is 0 Å². The highest BCUT2D eigenvalue weighted by molar-refractivity contribution is 6.06. The molecule has 8 heteroatoms. The van der Waals surface area contributed by atoms with Gasteiger partial charge in [0.2, 0.25) is 17.7 Å². The Morgan fingerprint density at radius 2 is 1.71 bits per heavy atom. The van der Waals surface area contributed by atoms with Gasteiger partial charge in [-0.1, -0.05) is 24.3 Å². The molecule has 1 aliphatic carbocycles. The van der Waals surface area contributed by atoms with Crippen LogP contribution < -0.4 is 10.6 Å². The predicted octanol–water partition coefficient (Wildman–Crippen LogP) is 2.49. The molecule has 1 aliphatic heterocycles. The van der Waals surface area contributed by atoms with Crippen LogP contribution in [-0.4, -0.2) is 35.1 Å². The maximum atomic E-state index is 12.5. The number of benzene rings is 1. The highest BCUT2D eigenvalue weighted by Gasteiger charge is 2.46. The number of nitrogens with zero attached hydrogens (tertiary/aromatic N) is 1. The standard InChI is InChI=1S/C23H23N3O5/c27-20(11-12-26-22(29)16-7-1-2-8-17(16)23(26)30)25-19-10-4-3-9-18(19)21(28)24-14-15-6-5-13-31-15/h1-6,9-10,13,16-17H,7-8,11-12,14H2,(H,24,28)(H,25,27)/t16-,17+. The number of fused-ring (bicyclic) bond motifs is 1. The minimum Gasteiger partial charge on any atom is -0.467 e. The van der Waals surface area contributed by atoms with Gasteiger partial charge in [0, 0.05) is 13.0 Å². The number of furan rings is 1. The van der Waals surface area contributed by atoms with Crippen LogP contribution in [0, 0.1) is 11.8 Å². The summed E-state index contributed by atoms with van der Waals surface area (Å²) in [4.78, 5) is 51.3. The highest BCUT2D eigenvalue weighted by atomic mass is 16.3. The lowest BCUT2D eigenvalue weighted by molar-refractivity contribution is -0.140. The number of anilines is 1. The molecule has 2 aromatic rings. The van der Waals surface area contributed by atoms with E-state index >= 15 is 0 Å². The first-order chi connectivity index (χ1) is 15.0. The Hall–Kier alpha value is -3.68. The molecule has 1 saturated heterocycles. The molecule has 2 heterocycles. The molecule has 0 radical (unpaired) electrons. The van der Waals surface area contributed by atoms with Crippen molar-refractivity contribution in [1.29, 1.82) is 0 Å². The van der Waals surface area contributed by atoms with Crippen LogP contribution in [0.25, 0.3) is 0 Å². The second-order valence-electron chi connectivity index (χ2n) is 7.59. The van der Waals surface area contributed by atoms with E-state index in [9.17, 15) is 19.2 Å². The molecule has 160 valence electrons. The summed E-state index contributed by atoms with van der Waals surface area (Å²) in [6.45, 7) is 0.258. The van der Waals surface area contributed by atoms with Crippen molar-refractivity contribution in [1.82, 2.24) is 10.2 Å². The first kappa shape index (κ1) is 20.6. The third-order valence-electron chi connectivity index (χ3n) is 5.61. The molecular formula is C23H23N3O5. The maximum absolute atomic E-state index is 12.5. The lowest BCUT2D eigenvalue weighted by Gasteiger charge is -2.15. The van der Waals surface area contributed by atoms with Gasteiger partial charge in [0.25, 0.3) is 5.91 Å². The van der Waals surface area contributed by atoms with Crippen LogP contribution in [0.5, 0.6) is 0 Å². The molecule has 2 aliphatic rings. The van der Waals surface area contributed by atoms with Gasteiger partial charge in [-0.3, -0.25) is 24.1 Å². The summed E-state index contributed by atoms with van der Waals surface area (Å²) < 4.78 is 5.20. The Morgan fingerprint density at radius 1 is 1.00 bits per heavy atom. The average Bonchev–Trinajstić information content (AvgIpc) is 3.39. The maximum Gasteiger partial charge on any atom is 0.253 e. The number of para-hydroxylation sites is 1. The monoisotopic (exact) mass is 421 g/mol. The summed E-state index contributed by atoms with van der Waals surface area (Å²) in [5, 5.41) is 5.46. The average molecular weight is 421 g/mol. The van der Waals surface area contributed by atoms with Crippen LogP contribution in [0.1, 0.15) is 35.4 Å². The smallest absolute Gasteiger partial charge is 0.253 e. The van der Waals surface area contributed by atoms with Gasteiger partial charge in [0.05, 0.1) is 35.9 Å². The van der Waals surface area contributed by atoms with E-state index in [0.717, 1.165) is 0 Å². The fourth-order valence-corrected chi connectivity index (χ4v) is 3.98. The minimum atomic E-state index is -0.375. The van der Waals surface area contributed by atoms with Gasteiger partial charge in [-0.2, -0.15) is 0 Å². The summed E-state index contributed by atoms with van der Waals surface area (Å²) in [5.74, 6) is -1.13. The number of allylic oxidation sites excluding steroid dienone is 2. The number of imide groups is 1. The molecule has 2 N–H and O–H groups in total. The number of hydrogen-bond acceptors (Lipinski definition) is 5. The van der Waals surface area contributed by atoms with Crippen LogP contribution >= 0.6 is 0 Å². The number of hydrogen-bond donors (Lipinski definition) is 2. The summed E-state index contributed by atoms with van der Waals surface area (Å²) in [6, 6.07) is 10.1. The quantitative estimate of drug-likeness (QED) is 0.527. The molecule has 0 spiro atoms. The van der Waals surface area contributed by atoms with Crippen LogP contribution in [0.3, 0.4) is 0 Å². The van der Waals surface area contributed by atoms with Crippen LogP contribution in [0.2, 0.25) is 0 Å². The van der Waals surface area contributed by atoms with E-state index in [1.165, 1.54) is 11.2 Å². The second-order valence-corrected chi connectivity index (χ2v) is 7.59. The largest absolute Gasteiger partial charge is 0.467 e. The van der Waals surface area contributed by atoms with Crippen LogP contribution in [-0.2, 0) is 20.9 Å². The molecule has 4 rings (SSSR count). The van der Waals surface area contributed by atoms with E-state index in [1.54, 1.807) is 36.4 Å². The molecule has 31 heavy (non-hydrogen) atoms. The molecule has 1 aromatic carbocycles. The van der Waals surface area contributed by atoms with Crippen molar-refractivity contribution in [2.24, 2.45) is 11.8 Å². The van der Waals surface area contributed by atoms with E-state index in [2.05, 4.69) is 10.6 Å². The molecule has 2 atom stereocenters. The Balaban J connectivity index is 1.34. The highest BCUT2D eigenvalue weighted by Crippen LogP contribution is 2.35. The fourth-order valence-electron chi connectivity index (χ4n) is 3.98. The summed E-state index contributed by atoms with van der Waals surface area (Å²) in [7, 11) is 0. The second kappa shape index (κ2) is 8.99. The van der Waals surface area contributed by atoms with E-state index in [1.807, 2.05) is 12.2 Å². The summed E-state index contributed by atoms with van der Waals surface area (Å²) in [6.07, 6.45) is 6.48. The predicted molar refractivity (Wildman–Crippen MR) is 112 cm³/mol. The van der Waals surface area contributed by atoms with E-state index in [4.69, 9.17) is 4.42 Å². The van der Waals surface area contributed by atoms with Gasteiger partial charge in [0.1, 0.15) is 5.76 Å². The van der Waals surface area contributed by atoms with Gasteiger partial charge < -0.3 is 15.1 Å². The Morgan fingerprint density at radius 3 is 2.39 bits per heavy atom. The topological polar surface area (TPSA) is 109 Å². The van der Waals surface area contributed by atoms with Crippen LogP contribution in [0.4, 0.5) is 5.69 Å². The zero-order valence-corrected chi connectivity index (χ0v) is 16.9. The van der Waals surface area contributed by atoms with Gasteiger partial charge in [0.15, 0.2) is 0 Å². The molecule has 1 aromatic heterocycles. The summed E-state index contributed by atoms with van der Waals surface area (Å²) >= 11 is 0. The van der Waals surface area contributed by atoms with Crippen molar-refractivity contribution in [3.05, 3.63) is 66.1 Å². The minimum absolute atomic E-state index is 0.0311. The van der Waals surface area contributed by atoms with E-state index in [-0.39, 0.29) is 55.0 Å². The van der Waals surface area contributed by atoms with Crippen molar-refractivity contribution < 1.29 is 23.6 Å². The lowest BCUT2D eigenvalue weighted by atomic mass is 9.85. The van der Waals surface area contributed by atoms with E-state index in [0.29, 0.717) is 29.9 Å².